The number of ether oxygens (including phenoxy) is 3. The monoisotopic (exact) mass is 465 g/mol. The minimum atomic E-state index is -3.84. The van der Waals surface area contributed by atoms with Crippen LogP contribution in [0.2, 0.25) is 0 Å². The molecule has 1 aromatic carbocycles. The summed E-state index contributed by atoms with van der Waals surface area (Å²) in [4.78, 5) is 24.2. The first-order valence-electron chi connectivity index (χ1n) is 10.3. The molecule has 0 unspecified atom stereocenters. The van der Waals surface area contributed by atoms with Crippen LogP contribution in [0.15, 0.2) is 33.6 Å². The van der Waals surface area contributed by atoms with E-state index in [0.717, 1.165) is 25.7 Å². The van der Waals surface area contributed by atoms with Gasteiger partial charge in [0.05, 0.1) is 19.8 Å². The number of rotatable bonds is 7. The molecule has 9 nitrogen and oxygen atoms in total. The maximum Gasteiger partial charge on any atom is 0.374 e. The summed E-state index contributed by atoms with van der Waals surface area (Å²) in [5.41, 5.74) is 0.619. The molecule has 1 saturated heterocycles. The molecule has 0 aliphatic carbocycles. The highest BCUT2D eigenvalue weighted by Gasteiger charge is 2.29. The Kier molecular flexibility index (Phi) is 7.57. The summed E-state index contributed by atoms with van der Waals surface area (Å²) in [6, 6.07) is 5.72. The van der Waals surface area contributed by atoms with Gasteiger partial charge in [-0.3, -0.25) is 0 Å². The van der Waals surface area contributed by atoms with E-state index >= 15 is 0 Å². The first-order chi connectivity index (χ1) is 15.3. The molecule has 10 heteroatoms. The second-order valence-corrected chi connectivity index (χ2v) is 9.38. The lowest BCUT2D eigenvalue weighted by Crippen LogP contribution is -2.32. The van der Waals surface area contributed by atoms with E-state index in [1.54, 1.807) is 13.0 Å². The number of benzene rings is 1. The number of furan rings is 1. The van der Waals surface area contributed by atoms with Gasteiger partial charge in [0.1, 0.15) is 23.0 Å². The average molecular weight is 466 g/mol. The SMILES string of the molecule is COC(=O)c1oc(COC(=O)c2ccc(OC)c(S(=O)(=O)N3CCCCCC3)c2)cc1C. The molecule has 0 saturated carbocycles. The number of esters is 2. The van der Waals surface area contributed by atoms with E-state index in [1.807, 2.05) is 0 Å². The van der Waals surface area contributed by atoms with Crippen LogP contribution in [0.3, 0.4) is 0 Å². The molecule has 0 N–H and O–H groups in total. The highest BCUT2D eigenvalue weighted by atomic mass is 32.2. The van der Waals surface area contributed by atoms with Crippen LogP contribution in [0.25, 0.3) is 0 Å². The normalized spacial score (nSPS) is 15.1. The van der Waals surface area contributed by atoms with Crippen molar-refractivity contribution in [1.82, 2.24) is 4.31 Å². The molecule has 1 aromatic heterocycles. The number of sulfonamides is 1. The van der Waals surface area contributed by atoms with E-state index in [0.29, 0.717) is 18.7 Å². The topological polar surface area (TPSA) is 112 Å². The van der Waals surface area contributed by atoms with Gasteiger partial charge in [-0.1, -0.05) is 12.8 Å². The van der Waals surface area contributed by atoms with Crippen LogP contribution >= 0.6 is 0 Å². The van der Waals surface area contributed by atoms with E-state index in [9.17, 15) is 18.0 Å². The molecule has 0 bridgehead atoms. The molecule has 0 radical (unpaired) electrons. The van der Waals surface area contributed by atoms with Gasteiger partial charge in [0.2, 0.25) is 15.8 Å². The van der Waals surface area contributed by atoms with Crippen molar-refractivity contribution >= 4 is 22.0 Å². The van der Waals surface area contributed by atoms with Crippen LogP contribution in [-0.4, -0.2) is 52.0 Å². The minimum Gasteiger partial charge on any atom is -0.495 e. The van der Waals surface area contributed by atoms with Crippen molar-refractivity contribution in [3.63, 3.8) is 0 Å². The Morgan fingerprint density at radius 3 is 2.34 bits per heavy atom. The van der Waals surface area contributed by atoms with Gasteiger partial charge in [-0.15, -0.1) is 0 Å². The Labute approximate surface area is 187 Å². The number of methoxy groups -OCH3 is 2. The first kappa shape index (κ1) is 23.8. The van der Waals surface area contributed by atoms with Crippen LogP contribution in [0, 0.1) is 6.92 Å². The van der Waals surface area contributed by atoms with Gasteiger partial charge >= 0.3 is 11.9 Å². The van der Waals surface area contributed by atoms with Crippen molar-refractivity contribution in [2.24, 2.45) is 0 Å². The molecule has 1 aliphatic rings. The Morgan fingerprint density at radius 1 is 1.03 bits per heavy atom. The smallest absolute Gasteiger partial charge is 0.374 e. The number of nitrogens with zero attached hydrogens (tertiary/aromatic N) is 1. The van der Waals surface area contributed by atoms with Gasteiger partial charge in [-0.05, 0) is 44.0 Å². The Balaban J connectivity index is 1.80. The molecule has 32 heavy (non-hydrogen) atoms. The zero-order chi connectivity index (χ0) is 23.3. The molecule has 2 heterocycles. The quantitative estimate of drug-likeness (QED) is 0.573. The van der Waals surface area contributed by atoms with Crippen LogP contribution in [0.5, 0.6) is 5.75 Å². The maximum atomic E-state index is 13.2. The van der Waals surface area contributed by atoms with Gasteiger partial charge in [-0.2, -0.15) is 4.31 Å². The van der Waals surface area contributed by atoms with Crippen molar-refractivity contribution in [2.45, 2.75) is 44.1 Å². The second kappa shape index (κ2) is 10.2. The van der Waals surface area contributed by atoms with Crippen LogP contribution in [0.1, 0.15) is 57.9 Å². The third kappa shape index (κ3) is 5.13. The van der Waals surface area contributed by atoms with Crippen molar-refractivity contribution in [1.29, 1.82) is 0 Å². The highest BCUT2D eigenvalue weighted by molar-refractivity contribution is 7.89. The zero-order valence-electron chi connectivity index (χ0n) is 18.4. The van der Waals surface area contributed by atoms with Gasteiger partial charge < -0.3 is 18.6 Å². The van der Waals surface area contributed by atoms with E-state index in [-0.39, 0.29) is 34.3 Å². The fourth-order valence-electron chi connectivity index (χ4n) is 3.56. The van der Waals surface area contributed by atoms with Crippen molar-refractivity contribution < 1.29 is 36.6 Å². The van der Waals surface area contributed by atoms with Crippen LogP contribution < -0.4 is 4.74 Å². The summed E-state index contributed by atoms with van der Waals surface area (Å²) in [5.74, 6) is -0.890. The molecular weight excluding hydrogens is 438 g/mol. The third-order valence-corrected chi connectivity index (χ3v) is 7.19. The summed E-state index contributed by atoms with van der Waals surface area (Å²) in [6.07, 6.45) is 3.55. The Bertz CT molecular complexity index is 1080. The molecule has 0 atom stereocenters. The lowest BCUT2D eigenvalue weighted by molar-refractivity contribution is 0.0438. The Hall–Kier alpha value is -2.85. The second-order valence-electron chi connectivity index (χ2n) is 7.48. The number of carbonyl (C=O) groups is 2. The third-order valence-electron chi connectivity index (χ3n) is 5.27. The fraction of sp³-hybridized carbons (Fsp3) is 0.455. The summed E-state index contributed by atoms with van der Waals surface area (Å²) < 4.78 is 48.5. The van der Waals surface area contributed by atoms with Gasteiger partial charge in [0, 0.05) is 18.7 Å². The predicted molar refractivity (Wildman–Crippen MR) is 114 cm³/mol. The van der Waals surface area contributed by atoms with Gasteiger partial charge in [-0.25, -0.2) is 18.0 Å². The number of hydrogen-bond donors (Lipinski definition) is 0. The fourth-order valence-corrected chi connectivity index (χ4v) is 5.26. The van der Waals surface area contributed by atoms with Crippen LogP contribution in [-0.2, 0) is 26.1 Å². The number of aryl methyl sites for hydroxylation is 1. The van der Waals surface area contributed by atoms with E-state index < -0.39 is 22.0 Å². The first-order valence-corrected chi connectivity index (χ1v) is 11.7. The van der Waals surface area contributed by atoms with E-state index in [4.69, 9.17) is 13.9 Å². The molecule has 1 fully saturated rings. The summed E-state index contributed by atoms with van der Waals surface area (Å²) in [6.45, 7) is 2.31. The largest absolute Gasteiger partial charge is 0.495 e. The highest BCUT2D eigenvalue weighted by Crippen LogP contribution is 2.30. The number of hydrogen-bond acceptors (Lipinski definition) is 8. The summed E-state index contributed by atoms with van der Waals surface area (Å²) in [7, 11) is -1.21. The molecule has 3 rings (SSSR count). The standard InChI is InChI=1S/C22H27NO8S/c1-15-12-17(31-20(15)22(25)29-3)14-30-21(24)16-8-9-18(28-2)19(13-16)32(26,27)23-10-6-4-5-7-11-23/h8-9,12-13H,4-7,10-11,14H2,1-3H3. The van der Waals surface area contributed by atoms with E-state index in [1.165, 1.54) is 36.7 Å². The van der Waals surface area contributed by atoms with Crippen molar-refractivity contribution in [3.05, 3.63) is 46.9 Å². The lowest BCUT2D eigenvalue weighted by Gasteiger charge is -2.21. The summed E-state index contributed by atoms with van der Waals surface area (Å²) >= 11 is 0. The molecule has 2 aromatic rings. The van der Waals surface area contributed by atoms with Gasteiger partial charge in [0.15, 0.2) is 0 Å². The Morgan fingerprint density at radius 2 is 1.72 bits per heavy atom. The lowest BCUT2D eigenvalue weighted by atomic mass is 10.2. The van der Waals surface area contributed by atoms with Crippen molar-refractivity contribution in [2.75, 3.05) is 27.3 Å². The molecule has 1 aliphatic heterocycles. The molecule has 0 amide bonds. The van der Waals surface area contributed by atoms with Crippen molar-refractivity contribution in [3.8, 4) is 5.75 Å². The predicted octanol–water partition coefficient (Wildman–Crippen LogP) is 3.30. The zero-order valence-corrected chi connectivity index (χ0v) is 19.2. The average Bonchev–Trinajstić information content (AvgIpc) is 2.98. The molecular formula is C22H27NO8S. The van der Waals surface area contributed by atoms with E-state index in [2.05, 4.69) is 4.74 Å². The van der Waals surface area contributed by atoms with Crippen LogP contribution in [0.4, 0.5) is 0 Å². The molecule has 174 valence electrons. The maximum absolute atomic E-state index is 13.2. The minimum absolute atomic E-state index is 0.0359. The summed E-state index contributed by atoms with van der Waals surface area (Å²) in [5, 5.41) is 0. The molecule has 0 spiro atoms. The van der Waals surface area contributed by atoms with Gasteiger partial charge in [0.25, 0.3) is 0 Å². The number of carbonyl (C=O) groups excluding carboxylic acids is 2.